The van der Waals surface area contributed by atoms with Gasteiger partial charge < -0.3 is 15.6 Å². The highest BCUT2D eigenvalue weighted by Crippen LogP contribution is 2.21. The molecule has 0 saturated heterocycles. The zero-order valence-electron chi connectivity index (χ0n) is 8.24. The Labute approximate surface area is 86.5 Å². The van der Waals surface area contributed by atoms with E-state index >= 15 is 0 Å². The number of hydrogen-bond acceptors (Lipinski definition) is 4. The third-order valence-electron chi connectivity index (χ3n) is 2.01. The van der Waals surface area contributed by atoms with E-state index in [1.165, 1.54) is 19.2 Å². The van der Waals surface area contributed by atoms with Gasteiger partial charge in [0.25, 0.3) is 0 Å². The first-order valence-electron chi connectivity index (χ1n) is 4.35. The van der Waals surface area contributed by atoms with Crippen LogP contribution in [-0.4, -0.2) is 18.2 Å². The molecule has 3 N–H and O–H groups in total. The van der Waals surface area contributed by atoms with Crippen molar-refractivity contribution in [2.75, 3.05) is 7.11 Å². The lowest BCUT2D eigenvalue weighted by Crippen LogP contribution is -2.16. The summed E-state index contributed by atoms with van der Waals surface area (Å²) in [5.74, 6) is -1.66. The van der Waals surface area contributed by atoms with Crippen LogP contribution in [0.3, 0.4) is 0 Å². The first kappa shape index (κ1) is 11.5. The molecule has 0 bridgehead atoms. The van der Waals surface area contributed by atoms with Crippen molar-refractivity contribution in [3.63, 3.8) is 0 Å². The molecule has 0 spiro atoms. The highest BCUT2D eigenvalue weighted by atomic mass is 19.1. The van der Waals surface area contributed by atoms with Gasteiger partial charge in [0.2, 0.25) is 0 Å². The van der Waals surface area contributed by atoms with Crippen molar-refractivity contribution in [1.82, 2.24) is 0 Å². The summed E-state index contributed by atoms with van der Waals surface area (Å²) in [6.07, 6.45) is -0.0271. The molecule has 0 aliphatic carbocycles. The second-order valence-electron chi connectivity index (χ2n) is 3.10. The van der Waals surface area contributed by atoms with Crippen molar-refractivity contribution >= 4 is 5.97 Å². The van der Waals surface area contributed by atoms with Gasteiger partial charge in [-0.25, -0.2) is 4.39 Å². The van der Waals surface area contributed by atoms with E-state index < -0.39 is 23.6 Å². The van der Waals surface area contributed by atoms with Crippen LogP contribution in [0.1, 0.15) is 18.0 Å². The summed E-state index contributed by atoms with van der Waals surface area (Å²) < 4.78 is 17.4. The highest BCUT2D eigenvalue weighted by Gasteiger charge is 2.13. The number of nitrogens with two attached hydrogens (primary N) is 1. The van der Waals surface area contributed by atoms with Crippen LogP contribution in [0.25, 0.3) is 0 Å². The number of ether oxygens (including phenoxy) is 1. The van der Waals surface area contributed by atoms with E-state index in [-0.39, 0.29) is 6.42 Å². The molecule has 0 heterocycles. The van der Waals surface area contributed by atoms with Crippen molar-refractivity contribution < 1.29 is 19.0 Å². The molecule has 0 saturated carbocycles. The summed E-state index contributed by atoms with van der Waals surface area (Å²) >= 11 is 0. The Bertz CT molecular complexity index is 368. The number of esters is 1. The van der Waals surface area contributed by atoms with Gasteiger partial charge in [0.05, 0.1) is 13.5 Å². The Hall–Kier alpha value is -1.62. The molecule has 0 amide bonds. The lowest BCUT2D eigenvalue weighted by molar-refractivity contribution is -0.141. The molecule has 1 rings (SSSR count). The molecule has 0 fully saturated rings. The van der Waals surface area contributed by atoms with E-state index in [1.807, 2.05) is 0 Å². The summed E-state index contributed by atoms with van der Waals surface area (Å²) in [7, 11) is 1.26. The second kappa shape index (κ2) is 4.75. The molecular weight excluding hydrogens is 201 g/mol. The average molecular weight is 213 g/mol. The third kappa shape index (κ3) is 2.92. The van der Waals surface area contributed by atoms with Crippen molar-refractivity contribution in [3.05, 3.63) is 29.6 Å². The number of hydrogen-bond donors (Lipinski definition) is 2. The largest absolute Gasteiger partial charge is 0.505 e. The molecule has 15 heavy (non-hydrogen) atoms. The van der Waals surface area contributed by atoms with E-state index in [0.29, 0.717) is 5.56 Å². The molecule has 1 unspecified atom stereocenters. The summed E-state index contributed by atoms with van der Waals surface area (Å²) in [4.78, 5) is 10.9. The summed E-state index contributed by atoms with van der Waals surface area (Å²) in [6, 6.07) is 3.13. The van der Waals surface area contributed by atoms with Crippen LogP contribution < -0.4 is 5.73 Å². The number of halogens is 1. The van der Waals surface area contributed by atoms with Gasteiger partial charge in [-0.1, -0.05) is 6.07 Å². The zero-order chi connectivity index (χ0) is 11.4. The molecule has 5 heteroatoms. The van der Waals surface area contributed by atoms with E-state index in [4.69, 9.17) is 10.8 Å². The maximum Gasteiger partial charge on any atom is 0.307 e. The molecule has 82 valence electrons. The van der Waals surface area contributed by atoms with Crippen molar-refractivity contribution in [2.45, 2.75) is 12.5 Å². The van der Waals surface area contributed by atoms with Crippen LogP contribution in [0.15, 0.2) is 18.2 Å². The fraction of sp³-hybridized carbons (Fsp3) is 0.300. The monoisotopic (exact) mass is 213 g/mol. The van der Waals surface area contributed by atoms with Crippen molar-refractivity contribution in [1.29, 1.82) is 0 Å². The van der Waals surface area contributed by atoms with Gasteiger partial charge in [-0.15, -0.1) is 0 Å². The molecule has 0 aliphatic rings. The van der Waals surface area contributed by atoms with E-state index in [0.717, 1.165) is 6.07 Å². The van der Waals surface area contributed by atoms with E-state index in [9.17, 15) is 9.18 Å². The Kier molecular flexibility index (Phi) is 3.62. The third-order valence-corrected chi connectivity index (χ3v) is 2.01. The Morgan fingerprint density at radius 1 is 1.67 bits per heavy atom. The lowest BCUT2D eigenvalue weighted by atomic mass is 10.0. The molecule has 0 aliphatic heterocycles. The van der Waals surface area contributed by atoms with Crippen LogP contribution >= 0.6 is 0 Å². The standard InChI is InChI=1S/C10H12FNO3/c1-15-10(14)5-8(12)6-2-3-9(13)7(11)4-6/h2-4,8,13H,5,12H2,1H3. The van der Waals surface area contributed by atoms with E-state index in [2.05, 4.69) is 4.74 Å². The Balaban J connectivity index is 2.78. The number of benzene rings is 1. The van der Waals surface area contributed by atoms with Gasteiger partial charge >= 0.3 is 5.97 Å². The van der Waals surface area contributed by atoms with Gasteiger partial charge in [-0.2, -0.15) is 0 Å². The second-order valence-corrected chi connectivity index (χ2v) is 3.10. The number of aromatic hydroxyl groups is 1. The smallest absolute Gasteiger partial charge is 0.307 e. The first-order valence-corrected chi connectivity index (χ1v) is 4.35. The number of phenolic OH excluding ortho intramolecular Hbond substituents is 1. The molecule has 1 aromatic carbocycles. The average Bonchev–Trinajstić information content (AvgIpc) is 2.21. The highest BCUT2D eigenvalue weighted by molar-refractivity contribution is 5.70. The fourth-order valence-electron chi connectivity index (χ4n) is 1.13. The number of phenols is 1. The first-order chi connectivity index (χ1) is 7.04. The molecular formula is C10H12FNO3. The van der Waals surface area contributed by atoms with Gasteiger partial charge in [0, 0.05) is 6.04 Å². The molecule has 0 aromatic heterocycles. The van der Waals surface area contributed by atoms with E-state index in [1.54, 1.807) is 0 Å². The predicted molar refractivity (Wildman–Crippen MR) is 51.6 cm³/mol. The van der Waals surface area contributed by atoms with Crippen LogP contribution in [0.4, 0.5) is 4.39 Å². The minimum absolute atomic E-state index is 0.0271. The van der Waals surface area contributed by atoms with Crippen LogP contribution in [0.5, 0.6) is 5.75 Å². The fourth-order valence-corrected chi connectivity index (χ4v) is 1.13. The number of methoxy groups -OCH3 is 1. The molecule has 0 radical (unpaired) electrons. The van der Waals surface area contributed by atoms with Crippen LogP contribution in [0.2, 0.25) is 0 Å². The van der Waals surface area contributed by atoms with Crippen LogP contribution in [-0.2, 0) is 9.53 Å². The van der Waals surface area contributed by atoms with Gasteiger partial charge in [-0.05, 0) is 17.7 Å². The van der Waals surface area contributed by atoms with Crippen molar-refractivity contribution in [3.8, 4) is 5.75 Å². The molecule has 4 nitrogen and oxygen atoms in total. The summed E-state index contributed by atoms with van der Waals surface area (Å²) in [6.45, 7) is 0. The minimum atomic E-state index is -0.757. The number of rotatable bonds is 3. The van der Waals surface area contributed by atoms with Gasteiger partial charge in [-0.3, -0.25) is 4.79 Å². The Morgan fingerprint density at radius 3 is 2.87 bits per heavy atom. The topological polar surface area (TPSA) is 72.5 Å². The van der Waals surface area contributed by atoms with Crippen LogP contribution in [0, 0.1) is 5.82 Å². The zero-order valence-corrected chi connectivity index (χ0v) is 8.24. The predicted octanol–water partition coefficient (Wildman–Crippen LogP) is 1.09. The van der Waals surface area contributed by atoms with Gasteiger partial charge in [0.1, 0.15) is 0 Å². The normalized spacial score (nSPS) is 12.2. The summed E-state index contributed by atoms with van der Waals surface area (Å²) in [5.41, 5.74) is 6.08. The lowest BCUT2D eigenvalue weighted by Gasteiger charge is -2.10. The maximum absolute atomic E-state index is 12.9. The van der Waals surface area contributed by atoms with Crippen molar-refractivity contribution in [2.24, 2.45) is 5.73 Å². The van der Waals surface area contributed by atoms with Gasteiger partial charge in [0.15, 0.2) is 11.6 Å². The molecule has 1 aromatic rings. The maximum atomic E-state index is 12.9. The SMILES string of the molecule is COC(=O)CC(N)c1ccc(O)c(F)c1. The summed E-state index contributed by atoms with van der Waals surface area (Å²) in [5, 5.41) is 8.95. The number of carbonyl (C=O) groups excluding carboxylic acids is 1. The number of carbonyl (C=O) groups is 1. The molecule has 1 atom stereocenters. The minimum Gasteiger partial charge on any atom is -0.505 e. The quantitative estimate of drug-likeness (QED) is 0.737. The Morgan fingerprint density at radius 2 is 2.33 bits per heavy atom.